The summed E-state index contributed by atoms with van der Waals surface area (Å²) in [5.74, 6) is -1.16. The number of hydrogen-bond donors (Lipinski definition) is 2. The zero-order valence-corrected chi connectivity index (χ0v) is 13.6. The van der Waals surface area contributed by atoms with E-state index in [9.17, 15) is 13.2 Å². The second kappa shape index (κ2) is 6.80. The predicted octanol–water partition coefficient (Wildman–Crippen LogP) is 1.91. The SMILES string of the molecule is CCOC(C)CNS(=O)(=O)c1cc(C(=O)O)sc1Br. The fourth-order valence-corrected chi connectivity index (χ4v) is 4.81. The molecule has 0 spiro atoms. The Labute approximate surface area is 124 Å². The minimum atomic E-state index is -3.75. The second-order valence-electron chi connectivity index (χ2n) is 3.67. The van der Waals surface area contributed by atoms with Gasteiger partial charge in [0.15, 0.2) is 0 Å². The lowest BCUT2D eigenvalue weighted by atomic mass is 10.4. The number of carboxylic acid groups (broad SMARTS) is 1. The molecule has 0 saturated heterocycles. The molecule has 1 aromatic rings. The van der Waals surface area contributed by atoms with E-state index in [1.54, 1.807) is 6.92 Å². The molecular formula is C10H14BrNO5S2. The molecule has 0 aliphatic carbocycles. The summed E-state index contributed by atoms with van der Waals surface area (Å²) in [6.07, 6.45) is -0.254. The van der Waals surface area contributed by atoms with E-state index in [0.717, 1.165) is 17.4 Å². The third-order valence-corrected chi connectivity index (χ3v) is 5.83. The molecular weight excluding hydrogens is 358 g/mol. The summed E-state index contributed by atoms with van der Waals surface area (Å²) < 4.78 is 31.9. The summed E-state index contributed by atoms with van der Waals surface area (Å²) in [5, 5.41) is 8.83. The summed E-state index contributed by atoms with van der Waals surface area (Å²) in [6, 6.07) is 1.13. The van der Waals surface area contributed by atoms with Gasteiger partial charge in [0.05, 0.1) is 9.89 Å². The Hall–Kier alpha value is -0.480. The Kier molecular flexibility index (Phi) is 5.93. The zero-order valence-electron chi connectivity index (χ0n) is 10.3. The van der Waals surface area contributed by atoms with Gasteiger partial charge in [0.25, 0.3) is 0 Å². The largest absolute Gasteiger partial charge is 0.477 e. The molecule has 108 valence electrons. The van der Waals surface area contributed by atoms with Crippen molar-refractivity contribution in [2.24, 2.45) is 0 Å². The van der Waals surface area contributed by atoms with Crippen LogP contribution < -0.4 is 4.72 Å². The molecule has 6 nitrogen and oxygen atoms in total. The fraction of sp³-hybridized carbons (Fsp3) is 0.500. The van der Waals surface area contributed by atoms with Crippen molar-refractivity contribution in [3.05, 3.63) is 14.7 Å². The van der Waals surface area contributed by atoms with Crippen molar-refractivity contribution in [1.82, 2.24) is 4.72 Å². The van der Waals surface area contributed by atoms with Crippen molar-refractivity contribution in [3.8, 4) is 0 Å². The number of rotatable bonds is 7. The molecule has 1 heterocycles. The quantitative estimate of drug-likeness (QED) is 0.763. The highest BCUT2D eigenvalue weighted by Gasteiger charge is 2.23. The van der Waals surface area contributed by atoms with E-state index in [2.05, 4.69) is 20.7 Å². The van der Waals surface area contributed by atoms with Gasteiger partial charge in [0.2, 0.25) is 10.0 Å². The first-order valence-electron chi connectivity index (χ1n) is 5.41. The molecule has 0 bridgehead atoms. The molecule has 1 rings (SSSR count). The van der Waals surface area contributed by atoms with Crippen LogP contribution >= 0.6 is 27.3 Å². The van der Waals surface area contributed by atoms with E-state index in [-0.39, 0.29) is 26.2 Å². The first kappa shape index (κ1) is 16.6. The Morgan fingerprint density at radius 1 is 1.63 bits per heavy atom. The smallest absolute Gasteiger partial charge is 0.345 e. The average Bonchev–Trinajstić information content (AvgIpc) is 2.70. The third kappa shape index (κ3) is 4.53. The van der Waals surface area contributed by atoms with Gasteiger partial charge in [-0.2, -0.15) is 0 Å². The van der Waals surface area contributed by atoms with Gasteiger partial charge >= 0.3 is 5.97 Å². The van der Waals surface area contributed by atoms with Crippen molar-refractivity contribution < 1.29 is 23.1 Å². The molecule has 0 fully saturated rings. The first-order valence-corrected chi connectivity index (χ1v) is 8.51. The van der Waals surface area contributed by atoms with Crippen molar-refractivity contribution in [2.45, 2.75) is 24.8 Å². The molecule has 0 saturated carbocycles. The number of ether oxygens (including phenoxy) is 1. The van der Waals surface area contributed by atoms with Gasteiger partial charge in [-0.3, -0.25) is 0 Å². The van der Waals surface area contributed by atoms with Gasteiger partial charge < -0.3 is 9.84 Å². The number of nitrogens with one attached hydrogen (secondary N) is 1. The number of thiophene rings is 1. The monoisotopic (exact) mass is 371 g/mol. The predicted molar refractivity (Wildman–Crippen MR) is 75.3 cm³/mol. The molecule has 2 N–H and O–H groups in total. The van der Waals surface area contributed by atoms with Gasteiger partial charge in [-0.1, -0.05) is 0 Å². The average molecular weight is 372 g/mol. The maximum absolute atomic E-state index is 12.0. The highest BCUT2D eigenvalue weighted by Crippen LogP contribution is 2.31. The number of sulfonamides is 1. The molecule has 0 amide bonds. The highest BCUT2D eigenvalue weighted by atomic mass is 79.9. The van der Waals surface area contributed by atoms with Crippen LogP contribution in [-0.2, 0) is 14.8 Å². The van der Waals surface area contributed by atoms with Gasteiger partial charge in [0.1, 0.15) is 9.77 Å². The minimum Gasteiger partial charge on any atom is -0.477 e. The molecule has 0 aliphatic rings. The molecule has 0 radical (unpaired) electrons. The fourth-order valence-electron chi connectivity index (χ4n) is 1.29. The number of aromatic carboxylic acids is 1. The van der Waals surface area contributed by atoms with Crippen LogP contribution in [0.1, 0.15) is 23.5 Å². The van der Waals surface area contributed by atoms with E-state index < -0.39 is 16.0 Å². The maximum atomic E-state index is 12.0. The molecule has 1 atom stereocenters. The summed E-state index contributed by atoms with van der Waals surface area (Å²) in [5.41, 5.74) is 0. The van der Waals surface area contributed by atoms with Gasteiger partial charge in [-0.05, 0) is 35.8 Å². The summed E-state index contributed by atoms with van der Waals surface area (Å²) in [4.78, 5) is 10.7. The van der Waals surface area contributed by atoms with E-state index in [1.807, 2.05) is 6.92 Å². The van der Waals surface area contributed by atoms with Crippen LogP contribution in [0.4, 0.5) is 0 Å². The molecule has 9 heteroatoms. The molecule has 1 unspecified atom stereocenters. The van der Waals surface area contributed by atoms with Crippen molar-refractivity contribution in [2.75, 3.05) is 13.2 Å². The summed E-state index contributed by atoms with van der Waals surface area (Å²) in [6.45, 7) is 4.19. The van der Waals surface area contributed by atoms with Crippen molar-refractivity contribution in [3.63, 3.8) is 0 Å². The Morgan fingerprint density at radius 3 is 2.74 bits per heavy atom. The van der Waals surface area contributed by atoms with E-state index >= 15 is 0 Å². The summed E-state index contributed by atoms with van der Waals surface area (Å²) >= 11 is 3.92. The van der Waals surface area contributed by atoms with Crippen LogP contribution in [0.2, 0.25) is 0 Å². The number of carbonyl (C=O) groups is 1. The third-order valence-electron chi connectivity index (χ3n) is 2.17. The van der Waals surface area contributed by atoms with Crippen LogP contribution in [0, 0.1) is 0 Å². The molecule has 19 heavy (non-hydrogen) atoms. The van der Waals surface area contributed by atoms with Crippen LogP contribution in [-0.4, -0.2) is 38.7 Å². The molecule has 1 aromatic heterocycles. The Morgan fingerprint density at radius 2 is 2.26 bits per heavy atom. The molecule has 0 aliphatic heterocycles. The van der Waals surface area contributed by atoms with Gasteiger partial charge in [0, 0.05) is 13.2 Å². The topological polar surface area (TPSA) is 92.7 Å². The van der Waals surface area contributed by atoms with E-state index in [4.69, 9.17) is 9.84 Å². The van der Waals surface area contributed by atoms with Gasteiger partial charge in [-0.15, -0.1) is 11.3 Å². The normalized spacial score (nSPS) is 13.4. The summed E-state index contributed by atoms with van der Waals surface area (Å²) in [7, 11) is -3.75. The zero-order chi connectivity index (χ0) is 14.6. The number of hydrogen-bond acceptors (Lipinski definition) is 5. The second-order valence-corrected chi connectivity index (χ2v) is 7.78. The lowest BCUT2D eigenvalue weighted by molar-refractivity contribution is 0.0701. The van der Waals surface area contributed by atoms with E-state index in [0.29, 0.717) is 6.61 Å². The highest BCUT2D eigenvalue weighted by molar-refractivity contribution is 9.11. The standard InChI is InChI=1S/C10H14BrNO5S2/c1-3-17-6(2)5-12-19(15,16)8-4-7(10(13)14)18-9(8)11/h4,6,12H,3,5H2,1-2H3,(H,13,14). The lowest BCUT2D eigenvalue weighted by Gasteiger charge is -2.12. The maximum Gasteiger partial charge on any atom is 0.345 e. The van der Waals surface area contributed by atoms with Crippen molar-refractivity contribution in [1.29, 1.82) is 0 Å². The Balaban J connectivity index is 2.86. The van der Waals surface area contributed by atoms with Gasteiger partial charge in [-0.25, -0.2) is 17.9 Å². The first-order chi connectivity index (χ1) is 8.77. The molecule has 0 aromatic carbocycles. The number of halogens is 1. The van der Waals surface area contributed by atoms with Crippen LogP contribution in [0.25, 0.3) is 0 Å². The van der Waals surface area contributed by atoms with E-state index in [1.165, 1.54) is 0 Å². The lowest BCUT2D eigenvalue weighted by Crippen LogP contribution is -2.32. The number of carboxylic acids is 1. The minimum absolute atomic E-state index is 0.0369. The van der Waals surface area contributed by atoms with Crippen LogP contribution in [0.15, 0.2) is 14.7 Å². The Bertz CT molecular complexity index is 554. The van der Waals surface area contributed by atoms with Crippen molar-refractivity contribution >= 4 is 43.3 Å². The van der Waals surface area contributed by atoms with Crippen LogP contribution in [0.5, 0.6) is 0 Å². The van der Waals surface area contributed by atoms with Crippen LogP contribution in [0.3, 0.4) is 0 Å².